The zero-order chi connectivity index (χ0) is 9.56. The Bertz CT molecular complexity index is 190. The van der Waals surface area contributed by atoms with Crippen molar-refractivity contribution in [3.05, 3.63) is 24.0 Å². The predicted molar refractivity (Wildman–Crippen MR) is 53.6 cm³/mol. The zero-order valence-electron chi connectivity index (χ0n) is 7.99. The second kappa shape index (κ2) is 5.55. The van der Waals surface area contributed by atoms with E-state index in [-0.39, 0.29) is 0 Å². The summed E-state index contributed by atoms with van der Waals surface area (Å²) < 4.78 is 0. The number of hydrogen-bond acceptors (Lipinski definition) is 3. The SMILES string of the molecule is C=N/C=C\C(=C/N(C)N)C(C)C. The molecule has 0 aromatic heterocycles. The molecule has 0 saturated heterocycles. The van der Waals surface area contributed by atoms with E-state index in [0.29, 0.717) is 5.92 Å². The minimum absolute atomic E-state index is 0.439. The van der Waals surface area contributed by atoms with E-state index >= 15 is 0 Å². The lowest BCUT2D eigenvalue weighted by atomic mass is 10.0. The Morgan fingerprint density at radius 1 is 1.58 bits per heavy atom. The van der Waals surface area contributed by atoms with Crippen molar-refractivity contribution in [1.82, 2.24) is 5.01 Å². The summed E-state index contributed by atoms with van der Waals surface area (Å²) in [4.78, 5) is 3.63. The standard InChI is InChI=1S/C9H17N3/c1-8(2)9(5-6-11-3)7-12(4)10/h5-8H,3,10H2,1-2,4H3/b6-5-,9-7+. The maximum absolute atomic E-state index is 5.48. The van der Waals surface area contributed by atoms with Crippen LogP contribution in [0.3, 0.4) is 0 Å². The van der Waals surface area contributed by atoms with Gasteiger partial charge in [0.25, 0.3) is 0 Å². The van der Waals surface area contributed by atoms with Gasteiger partial charge in [0.2, 0.25) is 0 Å². The summed E-state index contributed by atoms with van der Waals surface area (Å²) in [5.41, 5.74) is 1.13. The Labute approximate surface area is 74.2 Å². The van der Waals surface area contributed by atoms with E-state index in [1.807, 2.05) is 12.3 Å². The fourth-order valence-corrected chi connectivity index (χ4v) is 0.758. The molecule has 0 aromatic rings. The van der Waals surface area contributed by atoms with Crippen LogP contribution >= 0.6 is 0 Å². The highest BCUT2D eigenvalue weighted by Crippen LogP contribution is 2.10. The van der Waals surface area contributed by atoms with E-state index in [0.717, 1.165) is 5.57 Å². The van der Waals surface area contributed by atoms with Gasteiger partial charge in [-0.25, -0.2) is 5.84 Å². The van der Waals surface area contributed by atoms with Gasteiger partial charge in [0.05, 0.1) is 0 Å². The summed E-state index contributed by atoms with van der Waals surface area (Å²) in [7, 11) is 1.79. The van der Waals surface area contributed by atoms with Crippen LogP contribution in [0.5, 0.6) is 0 Å². The summed E-state index contributed by atoms with van der Waals surface area (Å²) in [6, 6.07) is 0. The highest BCUT2D eigenvalue weighted by atomic mass is 15.4. The molecule has 0 atom stereocenters. The maximum atomic E-state index is 5.48. The van der Waals surface area contributed by atoms with E-state index in [1.165, 1.54) is 5.01 Å². The third kappa shape index (κ3) is 4.68. The van der Waals surface area contributed by atoms with Crippen molar-refractivity contribution in [3.63, 3.8) is 0 Å². The predicted octanol–water partition coefficient (Wildman–Crippen LogP) is 1.55. The molecule has 68 valence electrons. The number of rotatable bonds is 4. The summed E-state index contributed by atoms with van der Waals surface area (Å²) in [6.45, 7) is 7.56. The van der Waals surface area contributed by atoms with E-state index in [4.69, 9.17) is 5.84 Å². The van der Waals surface area contributed by atoms with Crippen LogP contribution in [0, 0.1) is 5.92 Å². The molecule has 0 bridgehead atoms. The van der Waals surface area contributed by atoms with Crippen molar-refractivity contribution in [3.8, 4) is 0 Å². The summed E-state index contributed by atoms with van der Waals surface area (Å²) >= 11 is 0. The molecule has 0 spiro atoms. The van der Waals surface area contributed by atoms with E-state index in [2.05, 4.69) is 25.6 Å². The molecule has 0 aliphatic heterocycles. The van der Waals surface area contributed by atoms with E-state index in [9.17, 15) is 0 Å². The maximum Gasteiger partial charge on any atom is 0.0263 e. The lowest BCUT2D eigenvalue weighted by molar-refractivity contribution is 0.476. The molecule has 2 N–H and O–H groups in total. The van der Waals surface area contributed by atoms with Crippen LogP contribution in [0.25, 0.3) is 0 Å². The molecule has 0 aromatic carbocycles. The van der Waals surface area contributed by atoms with Crippen LogP contribution in [0.1, 0.15) is 13.8 Å². The number of allylic oxidation sites excluding steroid dienone is 2. The van der Waals surface area contributed by atoms with Gasteiger partial charge < -0.3 is 5.01 Å². The molecule has 0 amide bonds. The van der Waals surface area contributed by atoms with Gasteiger partial charge in [0.15, 0.2) is 0 Å². The first-order valence-corrected chi connectivity index (χ1v) is 3.89. The molecule has 0 radical (unpaired) electrons. The topological polar surface area (TPSA) is 41.6 Å². The molecule has 0 aliphatic rings. The largest absolute Gasteiger partial charge is 0.321 e. The first-order chi connectivity index (χ1) is 5.57. The van der Waals surface area contributed by atoms with Gasteiger partial charge in [-0.15, -0.1) is 0 Å². The second-order valence-corrected chi connectivity index (χ2v) is 2.95. The molecule has 3 nitrogen and oxygen atoms in total. The minimum atomic E-state index is 0.439. The Kier molecular flexibility index (Phi) is 5.04. The average molecular weight is 167 g/mol. The fourth-order valence-electron chi connectivity index (χ4n) is 0.758. The molecule has 3 heteroatoms. The molecular formula is C9H17N3. The molecule has 0 unspecified atom stereocenters. The Morgan fingerprint density at radius 3 is 2.50 bits per heavy atom. The lowest BCUT2D eigenvalue weighted by Crippen LogP contribution is -2.19. The van der Waals surface area contributed by atoms with Gasteiger partial charge >= 0.3 is 0 Å². The van der Waals surface area contributed by atoms with Gasteiger partial charge in [-0.1, -0.05) is 13.8 Å². The summed E-state index contributed by atoms with van der Waals surface area (Å²) in [5, 5.41) is 1.53. The van der Waals surface area contributed by atoms with Crippen LogP contribution in [-0.2, 0) is 0 Å². The molecule has 0 rings (SSSR count). The first-order valence-electron chi connectivity index (χ1n) is 3.89. The highest BCUT2D eigenvalue weighted by molar-refractivity contribution is 5.28. The van der Waals surface area contributed by atoms with Crippen LogP contribution in [0.15, 0.2) is 29.0 Å². The van der Waals surface area contributed by atoms with E-state index < -0.39 is 0 Å². The number of hydrazine groups is 1. The molecule has 0 fully saturated rings. The van der Waals surface area contributed by atoms with Crippen molar-refractivity contribution in [1.29, 1.82) is 0 Å². The lowest BCUT2D eigenvalue weighted by Gasteiger charge is -2.10. The normalized spacial score (nSPS) is 12.6. The average Bonchev–Trinajstić information content (AvgIpc) is 1.96. The second-order valence-electron chi connectivity index (χ2n) is 2.95. The first kappa shape index (κ1) is 10.9. The van der Waals surface area contributed by atoms with Crippen LogP contribution in [-0.4, -0.2) is 18.8 Å². The van der Waals surface area contributed by atoms with Gasteiger partial charge in [0, 0.05) is 19.4 Å². The van der Waals surface area contributed by atoms with Crippen molar-refractivity contribution in [2.24, 2.45) is 16.8 Å². The van der Waals surface area contributed by atoms with Crippen molar-refractivity contribution in [2.45, 2.75) is 13.8 Å². The van der Waals surface area contributed by atoms with Crippen LogP contribution in [0.4, 0.5) is 0 Å². The number of hydrogen-bond donors (Lipinski definition) is 1. The third-order valence-corrected chi connectivity index (χ3v) is 1.39. The quantitative estimate of drug-likeness (QED) is 0.299. The highest BCUT2D eigenvalue weighted by Gasteiger charge is 1.98. The van der Waals surface area contributed by atoms with Crippen LogP contribution in [0.2, 0.25) is 0 Å². The number of nitrogens with two attached hydrogens (primary N) is 1. The Morgan fingerprint density at radius 2 is 2.17 bits per heavy atom. The van der Waals surface area contributed by atoms with Crippen molar-refractivity contribution in [2.75, 3.05) is 7.05 Å². The molecule has 0 aliphatic carbocycles. The molecule has 0 saturated carbocycles. The van der Waals surface area contributed by atoms with Gasteiger partial charge in [0.1, 0.15) is 0 Å². The van der Waals surface area contributed by atoms with Gasteiger partial charge in [-0.05, 0) is 24.3 Å². The van der Waals surface area contributed by atoms with Crippen molar-refractivity contribution >= 4 is 6.72 Å². The third-order valence-electron chi connectivity index (χ3n) is 1.39. The Balaban J connectivity index is 4.43. The minimum Gasteiger partial charge on any atom is -0.321 e. The molecule has 0 heterocycles. The van der Waals surface area contributed by atoms with E-state index in [1.54, 1.807) is 13.2 Å². The number of aliphatic imine (C=N–C) groups is 1. The fraction of sp³-hybridized carbons (Fsp3) is 0.444. The summed E-state index contributed by atoms with van der Waals surface area (Å²) in [5.74, 6) is 5.92. The Hall–Kier alpha value is -1.09. The monoisotopic (exact) mass is 167 g/mol. The number of nitrogens with zero attached hydrogens (tertiary/aromatic N) is 2. The summed E-state index contributed by atoms with van der Waals surface area (Å²) in [6.07, 6.45) is 5.43. The zero-order valence-corrected chi connectivity index (χ0v) is 7.99. The van der Waals surface area contributed by atoms with Gasteiger partial charge in [-0.2, -0.15) is 0 Å². The van der Waals surface area contributed by atoms with Crippen molar-refractivity contribution < 1.29 is 0 Å². The van der Waals surface area contributed by atoms with Crippen LogP contribution < -0.4 is 5.84 Å². The molecule has 12 heavy (non-hydrogen) atoms. The molecular weight excluding hydrogens is 150 g/mol. The van der Waals surface area contributed by atoms with Gasteiger partial charge in [-0.3, -0.25) is 4.99 Å². The smallest absolute Gasteiger partial charge is 0.0263 e.